The Morgan fingerprint density at radius 3 is 3.00 bits per heavy atom. The maximum absolute atomic E-state index is 8.64. The smallest absolute Gasteiger partial charge is 0.0992 e. The Balaban J connectivity index is 2.86. The highest BCUT2D eigenvalue weighted by Gasteiger charge is 2.01. The number of rotatable bonds is 0. The third-order valence-electron chi connectivity index (χ3n) is 1.74. The van der Waals surface area contributed by atoms with Crippen LogP contribution in [0.5, 0.6) is 0 Å². The van der Waals surface area contributed by atoms with Crippen molar-refractivity contribution in [2.45, 2.75) is 0 Å². The Kier molecular flexibility index (Phi) is 1.53. The highest BCUT2D eigenvalue weighted by molar-refractivity contribution is 6.35. The van der Waals surface area contributed by atoms with Gasteiger partial charge in [-0.25, -0.2) is 0 Å². The number of halogens is 1. The molecule has 0 fully saturated rings. The number of fused-ring (bicyclic) bond motifs is 1. The number of H-pyrrole nitrogens is 1. The van der Waals surface area contributed by atoms with Gasteiger partial charge in [0, 0.05) is 11.6 Å². The van der Waals surface area contributed by atoms with Crippen molar-refractivity contribution in [3.63, 3.8) is 0 Å². The maximum atomic E-state index is 8.64. The van der Waals surface area contributed by atoms with Gasteiger partial charge in [0.2, 0.25) is 0 Å². The van der Waals surface area contributed by atoms with Crippen LogP contribution in [0, 0.1) is 11.3 Å². The van der Waals surface area contributed by atoms with Crippen molar-refractivity contribution >= 4 is 22.5 Å². The van der Waals surface area contributed by atoms with Crippen LogP contribution in [0.3, 0.4) is 0 Å². The zero-order valence-electron chi connectivity index (χ0n) is 6.13. The number of hydrogen-bond acceptors (Lipinski definition) is 1. The molecule has 0 bridgehead atoms. The Bertz CT molecular complexity index is 465. The van der Waals surface area contributed by atoms with E-state index in [-0.39, 0.29) is 0 Å². The SMILES string of the molecule is N#Cc1cc(Cl)c2[nH]ccc2c1. The fourth-order valence-corrected chi connectivity index (χ4v) is 1.47. The molecule has 0 saturated heterocycles. The predicted molar refractivity (Wildman–Crippen MR) is 48.0 cm³/mol. The molecule has 0 unspecified atom stereocenters. The van der Waals surface area contributed by atoms with E-state index in [1.54, 1.807) is 18.3 Å². The van der Waals surface area contributed by atoms with Gasteiger partial charge in [-0.2, -0.15) is 5.26 Å². The zero-order valence-corrected chi connectivity index (χ0v) is 6.89. The van der Waals surface area contributed by atoms with Gasteiger partial charge in [0.05, 0.1) is 22.2 Å². The second kappa shape index (κ2) is 2.54. The molecule has 3 heteroatoms. The van der Waals surface area contributed by atoms with Crippen molar-refractivity contribution in [3.05, 3.63) is 35.0 Å². The molecule has 0 amide bonds. The summed E-state index contributed by atoms with van der Waals surface area (Å²) in [5.41, 5.74) is 1.47. The van der Waals surface area contributed by atoms with Crippen molar-refractivity contribution in [2.75, 3.05) is 0 Å². The van der Waals surface area contributed by atoms with Gasteiger partial charge in [0.25, 0.3) is 0 Å². The topological polar surface area (TPSA) is 39.6 Å². The number of aromatic nitrogens is 1. The van der Waals surface area contributed by atoms with Gasteiger partial charge in [0.1, 0.15) is 0 Å². The average molecular weight is 177 g/mol. The lowest BCUT2D eigenvalue weighted by molar-refractivity contribution is 1.47. The number of hydrogen-bond donors (Lipinski definition) is 1. The Morgan fingerprint density at radius 2 is 2.25 bits per heavy atom. The van der Waals surface area contributed by atoms with E-state index in [2.05, 4.69) is 11.1 Å². The molecule has 12 heavy (non-hydrogen) atoms. The number of nitrogens with zero attached hydrogens (tertiary/aromatic N) is 1. The predicted octanol–water partition coefficient (Wildman–Crippen LogP) is 2.69. The minimum atomic E-state index is 0.590. The largest absolute Gasteiger partial charge is 0.360 e. The summed E-state index contributed by atoms with van der Waals surface area (Å²) in [7, 11) is 0. The van der Waals surface area contributed by atoms with E-state index in [1.165, 1.54) is 0 Å². The lowest BCUT2D eigenvalue weighted by Gasteiger charge is -1.94. The summed E-state index contributed by atoms with van der Waals surface area (Å²) in [5, 5.41) is 10.2. The number of benzene rings is 1. The third kappa shape index (κ3) is 0.956. The van der Waals surface area contributed by atoms with Crippen molar-refractivity contribution in [1.29, 1.82) is 5.26 Å². The van der Waals surface area contributed by atoms with Crippen LogP contribution in [-0.2, 0) is 0 Å². The fourth-order valence-electron chi connectivity index (χ4n) is 1.19. The molecule has 1 aromatic heterocycles. The zero-order chi connectivity index (χ0) is 8.55. The van der Waals surface area contributed by atoms with Gasteiger partial charge in [-0.05, 0) is 18.2 Å². The standard InChI is InChI=1S/C9H5ClN2/c10-8-4-6(5-11)3-7-1-2-12-9(7)8/h1-4,12H. The summed E-state index contributed by atoms with van der Waals surface area (Å²) in [6.07, 6.45) is 1.80. The van der Waals surface area contributed by atoms with Crippen molar-refractivity contribution < 1.29 is 0 Å². The number of nitriles is 1. The van der Waals surface area contributed by atoms with Gasteiger partial charge >= 0.3 is 0 Å². The molecule has 0 aliphatic carbocycles. The summed E-state index contributed by atoms with van der Waals surface area (Å²) in [6.45, 7) is 0. The van der Waals surface area contributed by atoms with Gasteiger partial charge < -0.3 is 4.98 Å². The monoisotopic (exact) mass is 176 g/mol. The van der Waals surface area contributed by atoms with Gasteiger partial charge in [-0.15, -0.1) is 0 Å². The molecule has 0 radical (unpaired) electrons. The van der Waals surface area contributed by atoms with E-state index < -0.39 is 0 Å². The summed E-state index contributed by atoms with van der Waals surface area (Å²) in [6, 6.07) is 7.40. The van der Waals surface area contributed by atoms with E-state index in [0.717, 1.165) is 10.9 Å². The first-order chi connectivity index (χ1) is 5.81. The van der Waals surface area contributed by atoms with Gasteiger partial charge in [0.15, 0.2) is 0 Å². The number of aromatic amines is 1. The molecule has 0 saturated carbocycles. The van der Waals surface area contributed by atoms with Crippen LogP contribution < -0.4 is 0 Å². The summed E-state index contributed by atoms with van der Waals surface area (Å²) in [5.74, 6) is 0. The number of nitrogens with one attached hydrogen (secondary N) is 1. The molecular weight excluding hydrogens is 172 g/mol. The molecule has 0 atom stereocenters. The first kappa shape index (κ1) is 7.20. The minimum Gasteiger partial charge on any atom is -0.360 e. The summed E-state index contributed by atoms with van der Waals surface area (Å²) in [4.78, 5) is 3.00. The van der Waals surface area contributed by atoms with E-state index in [1.807, 2.05) is 6.07 Å². The molecule has 0 spiro atoms. The molecule has 2 nitrogen and oxygen atoms in total. The van der Waals surface area contributed by atoms with Crippen LogP contribution in [0.4, 0.5) is 0 Å². The van der Waals surface area contributed by atoms with Crippen molar-refractivity contribution in [1.82, 2.24) is 4.98 Å². The van der Waals surface area contributed by atoms with E-state index >= 15 is 0 Å². The lowest BCUT2D eigenvalue weighted by Crippen LogP contribution is -1.75. The van der Waals surface area contributed by atoms with Crippen LogP contribution in [-0.4, -0.2) is 4.98 Å². The Hall–Kier alpha value is -1.46. The molecular formula is C9H5ClN2. The van der Waals surface area contributed by atoms with Crippen LogP contribution in [0.25, 0.3) is 10.9 Å². The molecule has 0 aliphatic rings. The lowest BCUT2D eigenvalue weighted by atomic mass is 10.2. The highest BCUT2D eigenvalue weighted by Crippen LogP contribution is 2.23. The van der Waals surface area contributed by atoms with E-state index in [4.69, 9.17) is 16.9 Å². The average Bonchev–Trinajstić information content (AvgIpc) is 2.52. The Labute approximate surface area is 74.4 Å². The van der Waals surface area contributed by atoms with Crippen LogP contribution in [0.15, 0.2) is 24.4 Å². The van der Waals surface area contributed by atoms with Crippen molar-refractivity contribution in [2.24, 2.45) is 0 Å². The second-order valence-corrected chi connectivity index (χ2v) is 2.92. The first-order valence-corrected chi connectivity index (χ1v) is 3.86. The highest BCUT2D eigenvalue weighted by atomic mass is 35.5. The first-order valence-electron chi connectivity index (χ1n) is 3.48. The quantitative estimate of drug-likeness (QED) is 0.659. The fraction of sp³-hybridized carbons (Fsp3) is 0. The van der Waals surface area contributed by atoms with Crippen LogP contribution in [0.2, 0.25) is 5.02 Å². The molecule has 1 N–H and O–H groups in total. The third-order valence-corrected chi connectivity index (χ3v) is 2.04. The van der Waals surface area contributed by atoms with Crippen LogP contribution >= 0.6 is 11.6 Å². The van der Waals surface area contributed by atoms with Gasteiger partial charge in [-0.1, -0.05) is 11.6 Å². The van der Waals surface area contributed by atoms with E-state index in [9.17, 15) is 0 Å². The molecule has 58 valence electrons. The molecule has 1 aromatic carbocycles. The Morgan fingerprint density at radius 1 is 1.42 bits per heavy atom. The second-order valence-electron chi connectivity index (χ2n) is 2.51. The molecule has 1 heterocycles. The molecule has 2 rings (SSSR count). The van der Waals surface area contributed by atoms with Crippen LogP contribution in [0.1, 0.15) is 5.56 Å². The van der Waals surface area contributed by atoms with Gasteiger partial charge in [-0.3, -0.25) is 0 Å². The van der Waals surface area contributed by atoms with Crippen molar-refractivity contribution in [3.8, 4) is 6.07 Å². The maximum Gasteiger partial charge on any atom is 0.0992 e. The summed E-state index contributed by atoms with van der Waals surface area (Å²) < 4.78 is 0. The normalized spacial score (nSPS) is 10.0. The summed E-state index contributed by atoms with van der Waals surface area (Å²) >= 11 is 5.90. The molecule has 2 aromatic rings. The van der Waals surface area contributed by atoms with E-state index in [0.29, 0.717) is 10.6 Å². The molecule has 0 aliphatic heterocycles. The minimum absolute atomic E-state index is 0.590.